The van der Waals surface area contributed by atoms with E-state index in [1.807, 2.05) is 11.8 Å². The topological polar surface area (TPSA) is 71.1 Å². The highest BCUT2D eigenvalue weighted by molar-refractivity contribution is 9.10. The first-order chi connectivity index (χ1) is 9.03. The molecule has 1 aliphatic rings. The number of hydrogen-bond donors (Lipinski definition) is 2. The van der Waals surface area contributed by atoms with Crippen LogP contribution in [0.1, 0.15) is 12.8 Å². The molecule has 106 valence electrons. The predicted molar refractivity (Wildman–Crippen MR) is 82.2 cm³/mol. The van der Waals surface area contributed by atoms with Gasteiger partial charge in [0, 0.05) is 29.5 Å². The van der Waals surface area contributed by atoms with Crippen LogP contribution in [0.3, 0.4) is 0 Å². The average molecular weight is 366 g/mol. The summed E-state index contributed by atoms with van der Waals surface area (Å²) in [7, 11) is -1.88. The van der Waals surface area contributed by atoms with E-state index in [1.54, 1.807) is 19.3 Å². The van der Waals surface area contributed by atoms with Crippen molar-refractivity contribution in [1.82, 2.24) is 9.71 Å². The van der Waals surface area contributed by atoms with Crippen molar-refractivity contribution >= 4 is 43.5 Å². The Morgan fingerprint density at radius 2 is 2.37 bits per heavy atom. The lowest BCUT2D eigenvalue weighted by Crippen LogP contribution is -2.30. The lowest BCUT2D eigenvalue weighted by Gasteiger charge is -2.13. The molecule has 0 aliphatic carbocycles. The van der Waals surface area contributed by atoms with Gasteiger partial charge in [0.25, 0.3) is 0 Å². The minimum atomic E-state index is -3.53. The molecule has 0 amide bonds. The number of sulfonamides is 1. The van der Waals surface area contributed by atoms with Gasteiger partial charge in [-0.2, -0.15) is 11.8 Å². The van der Waals surface area contributed by atoms with Crippen LogP contribution in [0.15, 0.2) is 21.6 Å². The zero-order chi connectivity index (χ0) is 13.9. The third kappa shape index (κ3) is 3.84. The molecule has 1 atom stereocenters. The van der Waals surface area contributed by atoms with Crippen molar-refractivity contribution in [2.75, 3.05) is 24.7 Å². The number of hydrogen-bond acceptors (Lipinski definition) is 5. The fraction of sp³-hybridized carbons (Fsp3) is 0.545. The zero-order valence-corrected chi connectivity index (χ0v) is 13.7. The molecule has 1 aliphatic heterocycles. The number of thioether (sulfide) groups is 1. The van der Waals surface area contributed by atoms with Crippen molar-refractivity contribution in [3.63, 3.8) is 0 Å². The molecule has 2 heterocycles. The lowest BCUT2D eigenvalue weighted by molar-refractivity contribution is 0.579. The highest BCUT2D eigenvalue weighted by Crippen LogP contribution is 2.27. The van der Waals surface area contributed by atoms with Gasteiger partial charge < -0.3 is 5.32 Å². The van der Waals surface area contributed by atoms with Gasteiger partial charge in [0.2, 0.25) is 10.0 Å². The Bertz CT molecular complexity index is 545. The van der Waals surface area contributed by atoms with Gasteiger partial charge in [-0.3, -0.25) is 0 Å². The molecule has 0 radical (unpaired) electrons. The molecule has 0 bridgehead atoms. The molecule has 1 fully saturated rings. The first kappa shape index (κ1) is 15.1. The summed E-state index contributed by atoms with van der Waals surface area (Å²) in [5.74, 6) is 1.47. The lowest BCUT2D eigenvalue weighted by atomic mass is 10.2. The van der Waals surface area contributed by atoms with Crippen LogP contribution >= 0.6 is 27.7 Å². The molecule has 0 aromatic carbocycles. The van der Waals surface area contributed by atoms with Crippen LogP contribution in [-0.2, 0) is 10.0 Å². The van der Waals surface area contributed by atoms with Crippen LogP contribution in [0.4, 0.5) is 5.82 Å². The van der Waals surface area contributed by atoms with Gasteiger partial charge in [-0.15, -0.1) is 0 Å². The summed E-state index contributed by atoms with van der Waals surface area (Å²) in [4.78, 5) is 4.23. The van der Waals surface area contributed by atoms with E-state index < -0.39 is 10.0 Å². The maximum absolute atomic E-state index is 12.3. The quantitative estimate of drug-likeness (QED) is 0.835. The third-order valence-electron chi connectivity index (χ3n) is 2.87. The van der Waals surface area contributed by atoms with Gasteiger partial charge in [0.05, 0.1) is 0 Å². The van der Waals surface area contributed by atoms with E-state index in [0.717, 1.165) is 18.6 Å². The summed E-state index contributed by atoms with van der Waals surface area (Å²) >= 11 is 5.07. The van der Waals surface area contributed by atoms with Gasteiger partial charge in [-0.05, 0) is 40.6 Å². The Balaban J connectivity index is 2.16. The van der Waals surface area contributed by atoms with Gasteiger partial charge in [-0.25, -0.2) is 18.1 Å². The number of anilines is 1. The van der Waals surface area contributed by atoms with Crippen LogP contribution < -0.4 is 10.0 Å². The van der Waals surface area contributed by atoms with Crippen LogP contribution in [0, 0.1) is 0 Å². The Morgan fingerprint density at radius 3 is 3.00 bits per heavy atom. The zero-order valence-electron chi connectivity index (χ0n) is 10.5. The SMILES string of the molecule is CNc1ncc(Br)cc1S(=O)(=O)NCC1CCCS1. The fourth-order valence-corrected chi connectivity index (χ4v) is 4.96. The van der Waals surface area contributed by atoms with Crippen LogP contribution in [0.5, 0.6) is 0 Å². The second-order valence-electron chi connectivity index (χ2n) is 4.24. The maximum atomic E-state index is 12.3. The molecule has 1 saturated heterocycles. The number of aromatic nitrogens is 1. The Labute approximate surface area is 126 Å². The second-order valence-corrected chi connectivity index (χ2v) is 8.30. The van der Waals surface area contributed by atoms with E-state index in [0.29, 0.717) is 22.1 Å². The van der Waals surface area contributed by atoms with E-state index in [4.69, 9.17) is 0 Å². The first-order valence-electron chi connectivity index (χ1n) is 5.97. The van der Waals surface area contributed by atoms with Crippen molar-refractivity contribution < 1.29 is 8.42 Å². The highest BCUT2D eigenvalue weighted by atomic mass is 79.9. The second kappa shape index (κ2) is 6.43. The highest BCUT2D eigenvalue weighted by Gasteiger charge is 2.23. The molecule has 1 aromatic heterocycles. The maximum Gasteiger partial charge on any atom is 0.244 e. The van der Waals surface area contributed by atoms with Gasteiger partial charge >= 0.3 is 0 Å². The number of nitrogens with one attached hydrogen (secondary N) is 2. The third-order valence-corrected chi connectivity index (χ3v) is 6.14. The molecular formula is C11H16BrN3O2S2. The molecular weight excluding hydrogens is 350 g/mol. The molecule has 1 unspecified atom stereocenters. The molecule has 5 nitrogen and oxygen atoms in total. The Kier molecular flexibility index (Phi) is 5.10. The first-order valence-corrected chi connectivity index (χ1v) is 9.30. The van der Waals surface area contributed by atoms with E-state index in [-0.39, 0.29) is 4.90 Å². The summed E-state index contributed by atoms with van der Waals surface area (Å²) in [6.45, 7) is 0.475. The molecule has 0 saturated carbocycles. The molecule has 1 aromatic rings. The van der Waals surface area contributed by atoms with Gasteiger partial charge in [-0.1, -0.05) is 0 Å². The fourth-order valence-electron chi connectivity index (χ4n) is 1.90. The van der Waals surface area contributed by atoms with Crippen LogP contribution in [-0.4, -0.2) is 38.0 Å². The van der Waals surface area contributed by atoms with Crippen molar-refractivity contribution in [3.05, 3.63) is 16.7 Å². The number of pyridine rings is 1. The standard InChI is InChI=1S/C11H16BrN3O2S2/c1-13-11-10(5-8(12)6-14-11)19(16,17)15-7-9-3-2-4-18-9/h5-6,9,15H,2-4,7H2,1H3,(H,13,14). The number of halogens is 1. The van der Waals surface area contributed by atoms with Crippen molar-refractivity contribution in [2.24, 2.45) is 0 Å². The minimum absolute atomic E-state index is 0.173. The predicted octanol–water partition coefficient (Wildman–Crippen LogP) is 2.06. The summed E-state index contributed by atoms with van der Waals surface area (Å²) in [6.07, 6.45) is 3.80. The largest absolute Gasteiger partial charge is 0.372 e. The summed E-state index contributed by atoms with van der Waals surface area (Å²) in [5, 5.41) is 3.18. The summed E-state index contributed by atoms with van der Waals surface area (Å²) < 4.78 is 27.9. The minimum Gasteiger partial charge on any atom is -0.372 e. The summed E-state index contributed by atoms with van der Waals surface area (Å²) in [5.41, 5.74) is 0. The van der Waals surface area contributed by atoms with E-state index in [1.165, 1.54) is 0 Å². The normalized spacial score (nSPS) is 19.6. The number of rotatable bonds is 5. The monoisotopic (exact) mass is 365 g/mol. The Hall–Kier alpha value is -0.310. The van der Waals surface area contributed by atoms with Crippen molar-refractivity contribution in [1.29, 1.82) is 0 Å². The smallest absolute Gasteiger partial charge is 0.244 e. The molecule has 2 rings (SSSR count). The van der Waals surface area contributed by atoms with E-state index in [9.17, 15) is 8.42 Å². The van der Waals surface area contributed by atoms with Crippen LogP contribution in [0.25, 0.3) is 0 Å². The van der Waals surface area contributed by atoms with Gasteiger partial charge in [0.1, 0.15) is 10.7 Å². The van der Waals surface area contributed by atoms with Crippen LogP contribution in [0.2, 0.25) is 0 Å². The summed E-state index contributed by atoms with van der Waals surface area (Å²) in [6, 6.07) is 1.56. The molecule has 0 spiro atoms. The van der Waals surface area contributed by atoms with Gasteiger partial charge in [0.15, 0.2) is 0 Å². The average Bonchev–Trinajstić information content (AvgIpc) is 2.89. The Morgan fingerprint density at radius 1 is 1.58 bits per heavy atom. The van der Waals surface area contributed by atoms with E-state index in [2.05, 4.69) is 31.0 Å². The van der Waals surface area contributed by atoms with E-state index >= 15 is 0 Å². The molecule has 8 heteroatoms. The van der Waals surface area contributed by atoms with Crippen molar-refractivity contribution in [2.45, 2.75) is 23.0 Å². The molecule has 2 N–H and O–H groups in total. The number of nitrogens with zero attached hydrogens (tertiary/aromatic N) is 1. The molecule has 19 heavy (non-hydrogen) atoms. The van der Waals surface area contributed by atoms with Crippen molar-refractivity contribution in [3.8, 4) is 0 Å².